The highest BCUT2D eigenvalue weighted by Crippen LogP contribution is 2.17. The predicted octanol–water partition coefficient (Wildman–Crippen LogP) is -0.853. The van der Waals surface area contributed by atoms with Crippen LogP contribution in [0.2, 0.25) is 0 Å². The number of carboxylic acids is 2. The second-order valence-corrected chi connectivity index (χ2v) is 3.28. The van der Waals surface area contributed by atoms with Gasteiger partial charge < -0.3 is 20.1 Å². The predicted molar refractivity (Wildman–Crippen MR) is 50.8 cm³/mol. The molecule has 0 fully saturated rings. The van der Waals surface area contributed by atoms with Crippen molar-refractivity contribution in [2.75, 3.05) is 0 Å². The molecule has 0 aliphatic heterocycles. The zero-order chi connectivity index (χ0) is 13.6. The Labute approximate surface area is 95.8 Å². The molecule has 1 unspecified atom stereocenters. The molecule has 0 aliphatic rings. The molecule has 0 aliphatic carbocycles. The summed E-state index contributed by atoms with van der Waals surface area (Å²) in [5.74, 6) is -5.65. The molecule has 0 radical (unpaired) electrons. The van der Waals surface area contributed by atoms with Gasteiger partial charge in [-0.15, -0.1) is 0 Å². The lowest BCUT2D eigenvalue weighted by Crippen LogP contribution is -2.43. The summed E-state index contributed by atoms with van der Waals surface area (Å²) in [6, 6.07) is 0. The molecular formula is C9H12O8. The van der Waals surface area contributed by atoms with E-state index in [0.29, 0.717) is 0 Å². The SMILES string of the molecule is CCC(=O)OC(=O)CC(O)(CC(=O)O)C(=O)O. The first-order valence-electron chi connectivity index (χ1n) is 4.62. The number of carbonyl (C=O) groups excluding carboxylic acids is 2. The molecule has 0 aromatic rings. The minimum absolute atomic E-state index is 0.101. The highest BCUT2D eigenvalue weighted by Gasteiger charge is 2.41. The van der Waals surface area contributed by atoms with Crippen molar-refractivity contribution in [2.24, 2.45) is 0 Å². The smallest absolute Gasteiger partial charge is 0.336 e. The van der Waals surface area contributed by atoms with Gasteiger partial charge in [-0.1, -0.05) is 6.92 Å². The number of esters is 2. The van der Waals surface area contributed by atoms with E-state index in [9.17, 15) is 24.3 Å². The maximum absolute atomic E-state index is 11.1. The first-order valence-corrected chi connectivity index (χ1v) is 4.62. The summed E-state index contributed by atoms with van der Waals surface area (Å²) in [4.78, 5) is 42.7. The largest absolute Gasteiger partial charge is 0.481 e. The molecule has 96 valence electrons. The first kappa shape index (κ1) is 15.0. The third kappa shape index (κ3) is 5.07. The molecule has 0 amide bonds. The molecule has 0 aromatic heterocycles. The van der Waals surface area contributed by atoms with Crippen LogP contribution in [0.1, 0.15) is 26.2 Å². The molecule has 0 rings (SSSR count). The van der Waals surface area contributed by atoms with Crippen molar-refractivity contribution in [3.63, 3.8) is 0 Å². The standard InChI is InChI=1S/C9H12O8/c1-2-6(12)17-7(13)4-9(16,8(14)15)3-5(10)11/h16H,2-4H2,1H3,(H,10,11)(H,14,15). The fraction of sp³-hybridized carbons (Fsp3) is 0.556. The lowest BCUT2D eigenvalue weighted by Gasteiger charge is -2.19. The Bertz CT molecular complexity index is 347. The molecule has 8 heteroatoms. The lowest BCUT2D eigenvalue weighted by atomic mass is 9.96. The number of aliphatic carboxylic acids is 2. The van der Waals surface area contributed by atoms with E-state index in [-0.39, 0.29) is 6.42 Å². The van der Waals surface area contributed by atoms with Crippen LogP contribution < -0.4 is 0 Å². The molecule has 0 heterocycles. The van der Waals surface area contributed by atoms with Gasteiger partial charge in [0.15, 0.2) is 5.60 Å². The van der Waals surface area contributed by atoms with Crippen molar-refractivity contribution in [1.82, 2.24) is 0 Å². The van der Waals surface area contributed by atoms with Crippen molar-refractivity contribution < 1.29 is 39.2 Å². The summed E-state index contributed by atoms with van der Waals surface area (Å²) in [6.45, 7) is 1.41. The average Bonchev–Trinajstić information content (AvgIpc) is 2.15. The molecule has 0 saturated heterocycles. The van der Waals surface area contributed by atoms with E-state index in [1.807, 2.05) is 0 Å². The van der Waals surface area contributed by atoms with Crippen molar-refractivity contribution in [3.05, 3.63) is 0 Å². The van der Waals surface area contributed by atoms with Gasteiger partial charge in [-0.2, -0.15) is 0 Å². The molecular weight excluding hydrogens is 236 g/mol. The molecule has 0 bridgehead atoms. The van der Waals surface area contributed by atoms with E-state index in [1.54, 1.807) is 0 Å². The van der Waals surface area contributed by atoms with E-state index in [4.69, 9.17) is 10.2 Å². The van der Waals surface area contributed by atoms with Crippen LogP contribution in [0.4, 0.5) is 0 Å². The molecule has 1 atom stereocenters. The number of carboxylic acid groups (broad SMARTS) is 2. The Morgan fingerprint density at radius 1 is 1.06 bits per heavy atom. The van der Waals surface area contributed by atoms with E-state index < -0.39 is 42.3 Å². The zero-order valence-electron chi connectivity index (χ0n) is 9.00. The second-order valence-electron chi connectivity index (χ2n) is 3.28. The summed E-state index contributed by atoms with van der Waals surface area (Å²) in [6.07, 6.45) is -2.38. The summed E-state index contributed by atoms with van der Waals surface area (Å²) < 4.78 is 4.13. The third-order valence-electron chi connectivity index (χ3n) is 1.79. The summed E-state index contributed by atoms with van der Waals surface area (Å²) in [7, 11) is 0. The van der Waals surface area contributed by atoms with Gasteiger partial charge in [-0.25, -0.2) is 4.79 Å². The van der Waals surface area contributed by atoms with Crippen LogP contribution >= 0.6 is 0 Å². The number of aliphatic hydroxyl groups is 1. The average molecular weight is 248 g/mol. The Morgan fingerprint density at radius 2 is 1.59 bits per heavy atom. The van der Waals surface area contributed by atoms with Gasteiger partial charge in [0.1, 0.15) is 0 Å². The highest BCUT2D eigenvalue weighted by atomic mass is 16.6. The maximum atomic E-state index is 11.1. The van der Waals surface area contributed by atoms with E-state index in [1.165, 1.54) is 6.92 Å². The number of carbonyl (C=O) groups is 4. The monoisotopic (exact) mass is 248 g/mol. The van der Waals surface area contributed by atoms with Gasteiger partial charge in [0.05, 0.1) is 12.8 Å². The molecule has 0 saturated carbocycles. The van der Waals surface area contributed by atoms with Crippen molar-refractivity contribution >= 4 is 23.9 Å². The van der Waals surface area contributed by atoms with Crippen LogP contribution in [0.5, 0.6) is 0 Å². The topological polar surface area (TPSA) is 138 Å². The van der Waals surface area contributed by atoms with Crippen LogP contribution in [-0.4, -0.2) is 44.8 Å². The quantitative estimate of drug-likeness (QED) is 0.408. The summed E-state index contributed by atoms with van der Waals surface area (Å²) in [5, 5.41) is 26.4. The minimum atomic E-state index is -2.78. The molecule has 0 spiro atoms. The molecule has 17 heavy (non-hydrogen) atoms. The van der Waals surface area contributed by atoms with Gasteiger partial charge in [0.25, 0.3) is 0 Å². The van der Waals surface area contributed by atoms with Crippen molar-refractivity contribution in [3.8, 4) is 0 Å². The normalized spacial score (nSPS) is 13.5. The van der Waals surface area contributed by atoms with Gasteiger partial charge in [-0.05, 0) is 0 Å². The number of ether oxygens (including phenoxy) is 1. The molecule has 0 aromatic carbocycles. The number of hydrogen-bond donors (Lipinski definition) is 3. The van der Waals surface area contributed by atoms with Gasteiger partial charge in [0, 0.05) is 6.42 Å². The van der Waals surface area contributed by atoms with Crippen molar-refractivity contribution in [1.29, 1.82) is 0 Å². The Hall–Kier alpha value is -1.96. The van der Waals surface area contributed by atoms with E-state index in [0.717, 1.165) is 0 Å². The van der Waals surface area contributed by atoms with Crippen LogP contribution in [0.15, 0.2) is 0 Å². The zero-order valence-corrected chi connectivity index (χ0v) is 9.00. The Morgan fingerprint density at radius 3 is 1.94 bits per heavy atom. The van der Waals surface area contributed by atoms with Crippen LogP contribution in [0.3, 0.4) is 0 Å². The van der Waals surface area contributed by atoms with Crippen molar-refractivity contribution in [2.45, 2.75) is 31.8 Å². The molecule has 8 nitrogen and oxygen atoms in total. The van der Waals surface area contributed by atoms with E-state index in [2.05, 4.69) is 4.74 Å². The second kappa shape index (κ2) is 5.94. The Balaban J connectivity index is 4.66. The van der Waals surface area contributed by atoms with Gasteiger partial charge >= 0.3 is 23.9 Å². The summed E-state index contributed by atoms with van der Waals surface area (Å²) >= 11 is 0. The lowest BCUT2D eigenvalue weighted by molar-refractivity contribution is -0.174. The van der Waals surface area contributed by atoms with Gasteiger partial charge in [-0.3, -0.25) is 14.4 Å². The summed E-state index contributed by atoms with van der Waals surface area (Å²) in [5.41, 5.74) is -2.78. The maximum Gasteiger partial charge on any atom is 0.336 e. The minimum Gasteiger partial charge on any atom is -0.481 e. The molecule has 3 N–H and O–H groups in total. The van der Waals surface area contributed by atoms with E-state index >= 15 is 0 Å². The van der Waals surface area contributed by atoms with Crippen LogP contribution in [0, 0.1) is 0 Å². The highest BCUT2D eigenvalue weighted by molar-refractivity contribution is 5.92. The fourth-order valence-corrected chi connectivity index (χ4v) is 0.938. The van der Waals surface area contributed by atoms with Gasteiger partial charge in [0.2, 0.25) is 0 Å². The van der Waals surface area contributed by atoms with Crippen LogP contribution in [0.25, 0.3) is 0 Å². The Kier molecular flexibility index (Phi) is 5.26. The number of hydrogen-bond acceptors (Lipinski definition) is 6. The van der Waals surface area contributed by atoms with Crippen LogP contribution in [-0.2, 0) is 23.9 Å². The number of rotatable bonds is 6. The first-order chi connectivity index (χ1) is 7.71. The third-order valence-corrected chi connectivity index (χ3v) is 1.79. The fourth-order valence-electron chi connectivity index (χ4n) is 0.938.